The SMILES string of the molecule is Brc1ccccc1CC1CNCCS1. The highest BCUT2D eigenvalue weighted by Crippen LogP contribution is 2.23. The van der Waals surface area contributed by atoms with Gasteiger partial charge in [-0.2, -0.15) is 11.8 Å². The summed E-state index contributed by atoms with van der Waals surface area (Å²) in [5.41, 5.74) is 1.42. The van der Waals surface area contributed by atoms with Gasteiger partial charge in [0.1, 0.15) is 0 Å². The van der Waals surface area contributed by atoms with Crippen molar-refractivity contribution in [3.63, 3.8) is 0 Å². The highest BCUT2D eigenvalue weighted by atomic mass is 79.9. The first-order chi connectivity index (χ1) is 6.86. The summed E-state index contributed by atoms with van der Waals surface area (Å²) in [4.78, 5) is 0. The van der Waals surface area contributed by atoms with Crippen LogP contribution in [0.2, 0.25) is 0 Å². The van der Waals surface area contributed by atoms with Gasteiger partial charge in [-0.3, -0.25) is 0 Å². The van der Waals surface area contributed by atoms with Crippen molar-refractivity contribution < 1.29 is 0 Å². The lowest BCUT2D eigenvalue weighted by atomic mass is 10.1. The maximum Gasteiger partial charge on any atom is 0.0213 e. The lowest BCUT2D eigenvalue weighted by Gasteiger charge is -2.22. The first-order valence-corrected chi connectivity index (χ1v) is 6.76. The van der Waals surface area contributed by atoms with Gasteiger partial charge < -0.3 is 5.32 Å². The average molecular weight is 272 g/mol. The van der Waals surface area contributed by atoms with Crippen LogP contribution in [-0.4, -0.2) is 24.1 Å². The summed E-state index contributed by atoms with van der Waals surface area (Å²) < 4.78 is 1.24. The van der Waals surface area contributed by atoms with E-state index in [1.54, 1.807) is 0 Å². The predicted molar refractivity (Wildman–Crippen MR) is 67.0 cm³/mol. The number of thioether (sulfide) groups is 1. The van der Waals surface area contributed by atoms with E-state index in [1.807, 2.05) is 0 Å². The summed E-state index contributed by atoms with van der Waals surface area (Å²) in [6, 6.07) is 8.51. The monoisotopic (exact) mass is 271 g/mol. The molecule has 1 aromatic carbocycles. The highest BCUT2D eigenvalue weighted by Gasteiger charge is 2.14. The minimum atomic E-state index is 0.738. The van der Waals surface area contributed by atoms with Crippen LogP contribution >= 0.6 is 27.7 Å². The fraction of sp³-hybridized carbons (Fsp3) is 0.455. The summed E-state index contributed by atoms with van der Waals surface area (Å²) in [5.74, 6) is 1.25. The van der Waals surface area contributed by atoms with Crippen molar-refractivity contribution in [2.75, 3.05) is 18.8 Å². The molecule has 1 saturated heterocycles. The Bertz CT molecular complexity index is 297. The van der Waals surface area contributed by atoms with E-state index in [0.717, 1.165) is 18.3 Å². The Labute approximate surface area is 97.8 Å². The quantitative estimate of drug-likeness (QED) is 0.888. The summed E-state index contributed by atoms with van der Waals surface area (Å²) in [6.45, 7) is 2.31. The molecule has 1 aromatic rings. The molecule has 3 heteroatoms. The third-order valence-corrected chi connectivity index (χ3v) is 4.43. The van der Waals surface area contributed by atoms with Crippen LogP contribution < -0.4 is 5.32 Å². The molecule has 14 heavy (non-hydrogen) atoms. The van der Waals surface area contributed by atoms with Gasteiger partial charge in [0.15, 0.2) is 0 Å². The zero-order valence-electron chi connectivity index (χ0n) is 8.00. The summed E-state index contributed by atoms with van der Waals surface area (Å²) in [5, 5.41) is 4.18. The van der Waals surface area contributed by atoms with Crippen LogP contribution in [0.5, 0.6) is 0 Å². The second-order valence-electron chi connectivity index (χ2n) is 3.49. The molecule has 1 aliphatic heterocycles. The van der Waals surface area contributed by atoms with Gasteiger partial charge in [-0.1, -0.05) is 34.1 Å². The molecule has 0 spiro atoms. The van der Waals surface area contributed by atoms with Gasteiger partial charge in [-0.15, -0.1) is 0 Å². The number of halogens is 1. The predicted octanol–water partition coefficient (Wildman–Crippen LogP) is 2.70. The van der Waals surface area contributed by atoms with Gasteiger partial charge in [0.05, 0.1) is 0 Å². The Balaban J connectivity index is 1.99. The summed E-state index contributed by atoms with van der Waals surface area (Å²) in [6.07, 6.45) is 1.17. The molecule has 0 aromatic heterocycles. The molecule has 1 N–H and O–H groups in total. The average Bonchev–Trinajstić information content (AvgIpc) is 2.23. The van der Waals surface area contributed by atoms with Crippen LogP contribution in [0, 0.1) is 0 Å². The van der Waals surface area contributed by atoms with Crippen LogP contribution in [0.15, 0.2) is 28.7 Å². The van der Waals surface area contributed by atoms with Gasteiger partial charge >= 0.3 is 0 Å². The lowest BCUT2D eigenvalue weighted by Crippen LogP contribution is -2.33. The molecule has 1 aliphatic rings. The Kier molecular flexibility index (Phi) is 3.90. The standard InChI is InChI=1S/C11H14BrNS/c12-11-4-2-1-3-9(11)7-10-8-13-5-6-14-10/h1-4,10,13H,5-8H2. The van der Waals surface area contributed by atoms with Gasteiger partial charge in [0, 0.05) is 28.6 Å². The minimum Gasteiger partial charge on any atom is -0.315 e. The van der Waals surface area contributed by atoms with E-state index >= 15 is 0 Å². The third-order valence-electron chi connectivity index (χ3n) is 2.41. The molecule has 1 nitrogen and oxygen atoms in total. The summed E-state index contributed by atoms with van der Waals surface area (Å²) >= 11 is 5.68. The maximum atomic E-state index is 3.59. The second kappa shape index (κ2) is 5.19. The van der Waals surface area contributed by atoms with E-state index in [1.165, 1.54) is 22.2 Å². The van der Waals surface area contributed by atoms with E-state index in [-0.39, 0.29) is 0 Å². The Morgan fingerprint density at radius 2 is 2.29 bits per heavy atom. The topological polar surface area (TPSA) is 12.0 Å². The van der Waals surface area contributed by atoms with Crippen molar-refractivity contribution in [1.29, 1.82) is 0 Å². The fourth-order valence-electron chi connectivity index (χ4n) is 1.66. The molecular weight excluding hydrogens is 258 g/mol. The van der Waals surface area contributed by atoms with Crippen LogP contribution in [0.4, 0.5) is 0 Å². The number of rotatable bonds is 2. The normalized spacial score (nSPS) is 22.2. The molecular formula is C11H14BrNS. The first kappa shape index (κ1) is 10.5. The molecule has 1 unspecified atom stereocenters. The Morgan fingerprint density at radius 3 is 3.00 bits per heavy atom. The number of nitrogens with one attached hydrogen (secondary N) is 1. The van der Waals surface area contributed by atoms with E-state index < -0.39 is 0 Å². The zero-order chi connectivity index (χ0) is 9.80. The van der Waals surface area contributed by atoms with Crippen molar-refractivity contribution >= 4 is 27.7 Å². The zero-order valence-corrected chi connectivity index (χ0v) is 10.4. The fourth-order valence-corrected chi connectivity index (χ4v) is 3.24. The van der Waals surface area contributed by atoms with Crippen molar-refractivity contribution in [2.24, 2.45) is 0 Å². The number of hydrogen-bond donors (Lipinski definition) is 1. The molecule has 0 amide bonds. The van der Waals surface area contributed by atoms with Crippen LogP contribution in [0.1, 0.15) is 5.56 Å². The molecule has 0 aliphatic carbocycles. The second-order valence-corrected chi connectivity index (χ2v) is 5.76. The molecule has 1 heterocycles. The Hall–Kier alpha value is 0.01000. The van der Waals surface area contributed by atoms with Crippen LogP contribution in [0.3, 0.4) is 0 Å². The van der Waals surface area contributed by atoms with Crippen molar-refractivity contribution in [2.45, 2.75) is 11.7 Å². The van der Waals surface area contributed by atoms with Crippen molar-refractivity contribution in [3.8, 4) is 0 Å². The molecule has 1 atom stereocenters. The number of hydrogen-bond acceptors (Lipinski definition) is 2. The van der Waals surface area contributed by atoms with Crippen molar-refractivity contribution in [3.05, 3.63) is 34.3 Å². The lowest BCUT2D eigenvalue weighted by molar-refractivity contribution is 0.666. The molecule has 1 fully saturated rings. The molecule has 76 valence electrons. The minimum absolute atomic E-state index is 0.738. The summed E-state index contributed by atoms with van der Waals surface area (Å²) in [7, 11) is 0. The van der Waals surface area contributed by atoms with Crippen LogP contribution in [-0.2, 0) is 6.42 Å². The van der Waals surface area contributed by atoms with Gasteiger partial charge in [-0.25, -0.2) is 0 Å². The van der Waals surface area contributed by atoms with Gasteiger partial charge in [0.25, 0.3) is 0 Å². The van der Waals surface area contributed by atoms with Crippen LogP contribution in [0.25, 0.3) is 0 Å². The molecule has 2 rings (SSSR count). The van der Waals surface area contributed by atoms with Gasteiger partial charge in [-0.05, 0) is 18.1 Å². The molecule has 0 bridgehead atoms. The first-order valence-electron chi connectivity index (χ1n) is 4.92. The smallest absolute Gasteiger partial charge is 0.0213 e. The molecule has 0 saturated carbocycles. The van der Waals surface area contributed by atoms with Gasteiger partial charge in [0.2, 0.25) is 0 Å². The van der Waals surface area contributed by atoms with E-state index in [2.05, 4.69) is 57.3 Å². The molecule has 0 radical (unpaired) electrons. The largest absolute Gasteiger partial charge is 0.315 e. The number of benzene rings is 1. The van der Waals surface area contributed by atoms with E-state index in [4.69, 9.17) is 0 Å². The van der Waals surface area contributed by atoms with Crippen molar-refractivity contribution in [1.82, 2.24) is 5.32 Å². The maximum absolute atomic E-state index is 3.59. The highest BCUT2D eigenvalue weighted by molar-refractivity contribution is 9.10. The van der Waals surface area contributed by atoms with E-state index in [9.17, 15) is 0 Å². The third kappa shape index (κ3) is 2.75. The Morgan fingerprint density at radius 1 is 1.43 bits per heavy atom. The van der Waals surface area contributed by atoms with E-state index in [0.29, 0.717) is 0 Å².